The smallest absolute Gasteiger partial charge is 0.319 e. The quantitative estimate of drug-likeness (QED) is 0.165. The van der Waals surface area contributed by atoms with Gasteiger partial charge in [-0.25, -0.2) is 0 Å². The van der Waals surface area contributed by atoms with E-state index in [-0.39, 0.29) is 0 Å². The molecule has 0 unspecified atom stereocenters. The van der Waals surface area contributed by atoms with Gasteiger partial charge in [0.2, 0.25) is 0 Å². The summed E-state index contributed by atoms with van der Waals surface area (Å²) >= 11 is 1.78. The molecule has 0 heterocycles. The summed E-state index contributed by atoms with van der Waals surface area (Å²) in [5.74, 6) is 0.472. The summed E-state index contributed by atoms with van der Waals surface area (Å²) in [5, 5.41) is 10.2. The third kappa shape index (κ3) is 16.2. The summed E-state index contributed by atoms with van der Waals surface area (Å²) < 4.78 is -0.529. The van der Waals surface area contributed by atoms with Crippen LogP contribution >= 0.6 is 11.8 Å². The first kappa shape index (κ1) is 28.8. The van der Waals surface area contributed by atoms with Crippen molar-refractivity contribution >= 4 is 17.7 Å². The Morgan fingerprint density at radius 1 is 0.586 bits per heavy atom. The SMILES string of the molecule is CCCCCCCCSC(CCCCCCCC)(CCCCCCCC)C(=O)O. The normalized spacial score (nSPS) is 11.8. The van der Waals surface area contributed by atoms with Crippen molar-refractivity contribution in [2.75, 3.05) is 5.75 Å². The molecule has 1 N–H and O–H groups in total. The number of hydrogen-bond acceptors (Lipinski definition) is 2. The fourth-order valence-electron chi connectivity index (χ4n) is 4.08. The molecule has 0 aromatic heterocycles. The lowest BCUT2D eigenvalue weighted by Crippen LogP contribution is -2.35. The van der Waals surface area contributed by atoms with Crippen LogP contribution in [0.1, 0.15) is 149 Å². The molecule has 0 radical (unpaired) electrons. The van der Waals surface area contributed by atoms with Crippen LogP contribution in [0.25, 0.3) is 0 Å². The molecule has 0 amide bonds. The van der Waals surface area contributed by atoms with Crippen LogP contribution in [0.4, 0.5) is 0 Å². The van der Waals surface area contributed by atoms with E-state index in [2.05, 4.69) is 20.8 Å². The third-order valence-electron chi connectivity index (χ3n) is 6.13. The van der Waals surface area contributed by atoms with Crippen molar-refractivity contribution in [3.8, 4) is 0 Å². The Hall–Kier alpha value is -0.180. The minimum Gasteiger partial charge on any atom is -0.480 e. The molecule has 0 aliphatic carbocycles. The summed E-state index contributed by atoms with van der Waals surface area (Å²) in [6.45, 7) is 6.74. The van der Waals surface area contributed by atoms with Crippen molar-refractivity contribution in [3.05, 3.63) is 0 Å². The van der Waals surface area contributed by atoms with Crippen molar-refractivity contribution in [3.63, 3.8) is 0 Å². The summed E-state index contributed by atoms with van der Waals surface area (Å²) in [6.07, 6.45) is 24.3. The molecule has 0 aromatic rings. The Balaban J connectivity index is 4.46. The lowest BCUT2D eigenvalue weighted by Gasteiger charge is -2.29. The van der Waals surface area contributed by atoms with E-state index in [1.807, 2.05) is 0 Å². The largest absolute Gasteiger partial charge is 0.480 e. The van der Waals surface area contributed by atoms with Crippen LogP contribution in [-0.2, 0) is 4.79 Å². The number of hydrogen-bond donors (Lipinski definition) is 1. The van der Waals surface area contributed by atoms with Crippen LogP contribution in [0.2, 0.25) is 0 Å². The van der Waals surface area contributed by atoms with Crippen LogP contribution in [0.5, 0.6) is 0 Å². The Bertz CT molecular complexity index is 341. The standard InChI is InChI=1S/C26H52O2S/c1-4-7-10-13-16-19-22-26(25(27)28,23-20-17-14-11-8-5-2)29-24-21-18-15-12-9-6-3/h4-24H2,1-3H3,(H,27,28). The first-order valence-corrected chi connectivity index (χ1v) is 14.0. The molecule has 0 atom stereocenters. The van der Waals surface area contributed by atoms with Gasteiger partial charge >= 0.3 is 5.97 Å². The maximum atomic E-state index is 12.3. The number of rotatable bonds is 23. The van der Waals surface area contributed by atoms with E-state index in [4.69, 9.17) is 0 Å². The van der Waals surface area contributed by atoms with Gasteiger partial charge in [-0.2, -0.15) is 0 Å². The minimum atomic E-state index is -0.546. The predicted molar refractivity (Wildman–Crippen MR) is 132 cm³/mol. The highest BCUT2D eigenvalue weighted by molar-refractivity contribution is 8.01. The van der Waals surface area contributed by atoms with E-state index >= 15 is 0 Å². The molecule has 0 saturated carbocycles. The fraction of sp³-hybridized carbons (Fsp3) is 0.962. The van der Waals surface area contributed by atoms with E-state index in [1.165, 1.54) is 103 Å². The second-order valence-electron chi connectivity index (χ2n) is 8.95. The number of thioether (sulfide) groups is 1. The van der Waals surface area contributed by atoms with Crippen LogP contribution in [-0.4, -0.2) is 21.6 Å². The van der Waals surface area contributed by atoms with Gasteiger partial charge in [-0.3, -0.25) is 4.79 Å². The monoisotopic (exact) mass is 428 g/mol. The zero-order valence-electron chi connectivity index (χ0n) is 20.1. The zero-order chi connectivity index (χ0) is 21.6. The van der Waals surface area contributed by atoms with E-state index in [9.17, 15) is 9.90 Å². The van der Waals surface area contributed by atoms with Crippen molar-refractivity contribution in [2.24, 2.45) is 0 Å². The lowest BCUT2D eigenvalue weighted by molar-refractivity contribution is -0.140. The van der Waals surface area contributed by atoms with Gasteiger partial charge in [0.05, 0.1) is 0 Å². The van der Waals surface area contributed by atoms with Crippen LogP contribution in [0.3, 0.4) is 0 Å². The summed E-state index contributed by atoms with van der Waals surface area (Å²) in [4.78, 5) is 12.3. The molecular weight excluding hydrogens is 376 g/mol. The third-order valence-corrected chi connectivity index (χ3v) is 7.76. The average molecular weight is 429 g/mol. The van der Waals surface area contributed by atoms with Gasteiger partial charge in [-0.15, -0.1) is 11.8 Å². The van der Waals surface area contributed by atoms with Crippen molar-refractivity contribution in [2.45, 2.75) is 154 Å². The number of carboxylic acid groups (broad SMARTS) is 1. The van der Waals surface area contributed by atoms with Gasteiger partial charge < -0.3 is 5.11 Å². The molecule has 0 fully saturated rings. The summed E-state index contributed by atoms with van der Waals surface area (Å²) in [6, 6.07) is 0. The Kier molecular flexibility index (Phi) is 20.9. The Morgan fingerprint density at radius 3 is 1.31 bits per heavy atom. The average Bonchev–Trinajstić information content (AvgIpc) is 2.71. The number of carboxylic acids is 1. The van der Waals surface area contributed by atoms with Crippen molar-refractivity contribution in [1.29, 1.82) is 0 Å². The molecule has 2 nitrogen and oxygen atoms in total. The Labute approximate surface area is 187 Å². The van der Waals surface area contributed by atoms with Gasteiger partial charge in [0, 0.05) is 0 Å². The predicted octanol–water partition coefficient (Wildman–Crippen LogP) is 9.40. The van der Waals surface area contributed by atoms with Gasteiger partial charge in [-0.05, 0) is 25.0 Å². The maximum absolute atomic E-state index is 12.3. The Morgan fingerprint density at radius 2 is 0.931 bits per heavy atom. The first-order chi connectivity index (χ1) is 14.1. The molecule has 0 aliphatic heterocycles. The highest BCUT2D eigenvalue weighted by Crippen LogP contribution is 2.38. The number of unbranched alkanes of at least 4 members (excludes halogenated alkanes) is 15. The molecule has 0 aliphatic rings. The highest BCUT2D eigenvalue weighted by Gasteiger charge is 2.37. The van der Waals surface area contributed by atoms with E-state index < -0.39 is 10.7 Å². The molecule has 0 aromatic carbocycles. The molecule has 3 heteroatoms. The van der Waals surface area contributed by atoms with E-state index in [1.54, 1.807) is 11.8 Å². The fourth-order valence-corrected chi connectivity index (χ4v) is 5.52. The highest BCUT2D eigenvalue weighted by atomic mass is 32.2. The van der Waals surface area contributed by atoms with Crippen LogP contribution in [0, 0.1) is 0 Å². The molecule has 0 saturated heterocycles. The minimum absolute atomic E-state index is 0.529. The van der Waals surface area contributed by atoms with Crippen molar-refractivity contribution < 1.29 is 9.90 Å². The van der Waals surface area contributed by atoms with Gasteiger partial charge in [0.25, 0.3) is 0 Å². The van der Waals surface area contributed by atoms with E-state index in [0.717, 1.165) is 31.4 Å². The second kappa shape index (κ2) is 21.1. The van der Waals surface area contributed by atoms with Crippen LogP contribution in [0.15, 0.2) is 0 Å². The van der Waals surface area contributed by atoms with Gasteiger partial charge in [0.1, 0.15) is 4.75 Å². The molecular formula is C26H52O2S. The first-order valence-electron chi connectivity index (χ1n) is 13.0. The zero-order valence-corrected chi connectivity index (χ0v) is 20.9. The number of carbonyl (C=O) groups is 1. The number of aliphatic carboxylic acids is 1. The molecule has 174 valence electrons. The lowest BCUT2D eigenvalue weighted by atomic mass is 9.93. The molecule has 0 rings (SSSR count). The topological polar surface area (TPSA) is 37.3 Å². The van der Waals surface area contributed by atoms with Crippen LogP contribution < -0.4 is 0 Å². The molecule has 0 bridgehead atoms. The molecule has 0 spiro atoms. The van der Waals surface area contributed by atoms with E-state index in [0.29, 0.717) is 0 Å². The van der Waals surface area contributed by atoms with Gasteiger partial charge in [-0.1, -0.05) is 130 Å². The second-order valence-corrected chi connectivity index (χ2v) is 10.4. The summed E-state index contributed by atoms with van der Waals surface area (Å²) in [7, 11) is 0. The maximum Gasteiger partial charge on any atom is 0.319 e. The van der Waals surface area contributed by atoms with Crippen molar-refractivity contribution in [1.82, 2.24) is 0 Å². The summed E-state index contributed by atoms with van der Waals surface area (Å²) in [5.41, 5.74) is 0. The van der Waals surface area contributed by atoms with Gasteiger partial charge in [0.15, 0.2) is 0 Å². The molecule has 29 heavy (non-hydrogen) atoms.